The van der Waals surface area contributed by atoms with Gasteiger partial charge < -0.3 is 0 Å². The third kappa shape index (κ3) is 8.42. The molecule has 0 unspecified atom stereocenters. The second-order valence-corrected chi connectivity index (χ2v) is 6.54. The van der Waals surface area contributed by atoms with Crippen LogP contribution in [-0.4, -0.2) is 47.5 Å². The van der Waals surface area contributed by atoms with Gasteiger partial charge in [0.1, 0.15) is 0 Å². The van der Waals surface area contributed by atoms with Crippen LogP contribution in [0.5, 0.6) is 0 Å². The first-order valence-electron chi connectivity index (χ1n) is 7.43. The Kier molecular flexibility index (Phi) is 9.09. The second-order valence-electron chi connectivity index (χ2n) is 5.01. The van der Waals surface area contributed by atoms with Gasteiger partial charge in [-0.25, -0.2) is 0 Å². The van der Waals surface area contributed by atoms with Crippen LogP contribution in [0.15, 0.2) is 29.3 Å². The van der Waals surface area contributed by atoms with E-state index in [1.54, 1.807) is 0 Å². The summed E-state index contributed by atoms with van der Waals surface area (Å²) in [4.78, 5) is 14.1. The first kappa shape index (κ1) is 19.3. The van der Waals surface area contributed by atoms with Crippen LogP contribution in [0.1, 0.15) is 18.4 Å². The molecule has 0 fully saturated rings. The predicted octanol–water partition coefficient (Wildman–Crippen LogP) is 0.433. The van der Waals surface area contributed by atoms with E-state index in [1.165, 1.54) is 5.56 Å². The SMILES string of the molecule is NCCc1ccccc1NC[C@@H]([As])CCCN=C(N)N[N+](=O)[O-]. The monoisotopic (exact) mass is 382 g/mol. The number of nitrogens with one attached hydrogen (secondary N) is 2. The Balaban J connectivity index is 2.29. The Hall–Kier alpha value is -1.79. The third-order valence-corrected chi connectivity index (χ3v) is 4.07. The summed E-state index contributed by atoms with van der Waals surface area (Å²) in [6.45, 7) is 1.92. The molecular formula is C14H23AsN6O2. The summed E-state index contributed by atoms with van der Waals surface area (Å²) in [5.74, 6) is -0.161. The number of nitrogens with two attached hydrogens (primary N) is 2. The molecule has 1 rings (SSSR count). The average Bonchev–Trinajstić information content (AvgIpc) is 2.50. The molecule has 0 amide bonds. The number of guanidine groups is 1. The molecule has 126 valence electrons. The molecule has 8 nitrogen and oxygen atoms in total. The van der Waals surface area contributed by atoms with E-state index in [0.29, 0.717) is 17.8 Å². The van der Waals surface area contributed by atoms with Gasteiger partial charge in [0.2, 0.25) is 0 Å². The van der Waals surface area contributed by atoms with Crippen LogP contribution in [-0.2, 0) is 6.42 Å². The molecule has 1 aromatic carbocycles. The average molecular weight is 382 g/mol. The van der Waals surface area contributed by atoms with E-state index in [1.807, 2.05) is 17.6 Å². The van der Waals surface area contributed by atoms with Gasteiger partial charge in [0.05, 0.1) is 0 Å². The van der Waals surface area contributed by atoms with Crippen molar-refractivity contribution in [1.82, 2.24) is 5.43 Å². The van der Waals surface area contributed by atoms with E-state index in [-0.39, 0.29) is 5.96 Å². The molecule has 2 radical (unpaired) electrons. The molecule has 9 heteroatoms. The number of nitro groups is 1. The minimum absolute atomic E-state index is 0.161. The van der Waals surface area contributed by atoms with Gasteiger partial charge in [-0.1, -0.05) is 0 Å². The van der Waals surface area contributed by atoms with Gasteiger partial charge in [-0.2, -0.15) is 0 Å². The van der Waals surface area contributed by atoms with Crippen molar-refractivity contribution >= 4 is 28.5 Å². The van der Waals surface area contributed by atoms with Crippen molar-refractivity contribution in [3.8, 4) is 0 Å². The Morgan fingerprint density at radius 1 is 1.43 bits per heavy atom. The quantitative estimate of drug-likeness (QED) is 0.116. The summed E-state index contributed by atoms with van der Waals surface area (Å²) in [7, 11) is 0. The van der Waals surface area contributed by atoms with Crippen molar-refractivity contribution in [3.63, 3.8) is 0 Å². The topological polar surface area (TPSA) is 132 Å². The maximum atomic E-state index is 10.2. The number of nitrogens with zero attached hydrogens (tertiary/aromatic N) is 2. The number of rotatable bonds is 10. The van der Waals surface area contributed by atoms with Crippen molar-refractivity contribution in [2.75, 3.05) is 25.0 Å². The van der Waals surface area contributed by atoms with Crippen molar-refractivity contribution in [2.45, 2.75) is 24.0 Å². The molecule has 0 spiro atoms. The summed E-state index contributed by atoms with van der Waals surface area (Å²) in [6.07, 6.45) is 2.59. The Labute approximate surface area is 144 Å². The van der Waals surface area contributed by atoms with E-state index in [2.05, 4.69) is 39.3 Å². The molecule has 0 aliphatic rings. The van der Waals surface area contributed by atoms with Crippen LogP contribution >= 0.6 is 0 Å². The summed E-state index contributed by atoms with van der Waals surface area (Å²) < 4.78 is 0.397. The third-order valence-electron chi connectivity index (χ3n) is 3.14. The van der Waals surface area contributed by atoms with Gasteiger partial charge in [-0.05, 0) is 0 Å². The molecule has 6 N–H and O–H groups in total. The number of benzene rings is 1. The molecule has 0 aliphatic heterocycles. The Morgan fingerprint density at radius 2 is 2.17 bits per heavy atom. The zero-order valence-corrected chi connectivity index (χ0v) is 14.8. The van der Waals surface area contributed by atoms with Crippen molar-refractivity contribution < 1.29 is 5.03 Å². The van der Waals surface area contributed by atoms with E-state index < -0.39 is 5.03 Å². The summed E-state index contributed by atoms with van der Waals surface area (Å²) in [5.41, 5.74) is 15.1. The van der Waals surface area contributed by atoms with E-state index in [0.717, 1.165) is 31.5 Å². The first-order valence-corrected chi connectivity index (χ1v) is 8.52. The molecule has 0 heterocycles. The number of hydrazine groups is 1. The van der Waals surface area contributed by atoms with Gasteiger partial charge in [-0.15, -0.1) is 0 Å². The molecular weight excluding hydrogens is 359 g/mol. The van der Waals surface area contributed by atoms with Gasteiger partial charge >= 0.3 is 144 Å². The fourth-order valence-corrected chi connectivity index (χ4v) is 2.63. The van der Waals surface area contributed by atoms with Gasteiger partial charge in [0, 0.05) is 0 Å². The zero-order valence-electron chi connectivity index (χ0n) is 12.9. The van der Waals surface area contributed by atoms with Crippen molar-refractivity contribution in [2.24, 2.45) is 16.5 Å². The van der Waals surface area contributed by atoms with Crippen LogP contribution in [0.3, 0.4) is 0 Å². The number of anilines is 1. The van der Waals surface area contributed by atoms with Crippen LogP contribution < -0.4 is 22.2 Å². The number of hydrogen-bond acceptors (Lipinski definition) is 5. The van der Waals surface area contributed by atoms with Crippen LogP contribution in [0.25, 0.3) is 0 Å². The predicted molar refractivity (Wildman–Crippen MR) is 93.0 cm³/mol. The van der Waals surface area contributed by atoms with Crippen LogP contribution in [0.2, 0.25) is 4.71 Å². The normalized spacial score (nSPS) is 12.7. The van der Waals surface area contributed by atoms with E-state index in [4.69, 9.17) is 11.5 Å². The van der Waals surface area contributed by atoms with Crippen molar-refractivity contribution in [1.29, 1.82) is 0 Å². The molecule has 0 aromatic heterocycles. The number of hydrogen-bond donors (Lipinski definition) is 4. The number of para-hydroxylation sites is 1. The fraction of sp³-hybridized carbons (Fsp3) is 0.500. The van der Waals surface area contributed by atoms with Gasteiger partial charge in [0.15, 0.2) is 0 Å². The fourth-order valence-electron chi connectivity index (χ4n) is 2.05. The summed E-state index contributed by atoms with van der Waals surface area (Å²) in [5, 5.41) is 12.9. The van der Waals surface area contributed by atoms with Gasteiger partial charge in [-0.3, -0.25) is 0 Å². The second kappa shape index (κ2) is 10.9. The molecule has 0 bridgehead atoms. The molecule has 0 saturated heterocycles. The molecule has 1 atom stereocenters. The molecule has 0 aliphatic carbocycles. The van der Waals surface area contributed by atoms with E-state index in [9.17, 15) is 10.1 Å². The molecule has 0 saturated carbocycles. The summed E-state index contributed by atoms with van der Waals surface area (Å²) >= 11 is 2.64. The standard InChI is InChI=1S/C14H23AsN6O2/c15-12(5-3-9-18-14(17)20-21(22)23)10-19-13-6-2-1-4-11(13)7-8-16/h1-2,4,6,12,19H,3,5,7-10,16H2,(H3,17,18,20)/t12-/m0/s1. The maximum absolute atomic E-state index is 10.2. The Morgan fingerprint density at radius 3 is 2.87 bits per heavy atom. The molecule has 23 heavy (non-hydrogen) atoms. The van der Waals surface area contributed by atoms with E-state index >= 15 is 0 Å². The van der Waals surface area contributed by atoms with Crippen molar-refractivity contribution in [3.05, 3.63) is 39.9 Å². The zero-order chi connectivity index (χ0) is 17.1. The van der Waals surface area contributed by atoms with Gasteiger partial charge in [0.25, 0.3) is 0 Å². The van der Waals surface area contributed by atoms with Crippen LogP contribution in [0, 0.1) is 10.1 Å². The minimum atomic E-state index is -0.721. The summed E-state index contributed by atoms with van der Waals surface area (Å²) in [6, 6.07) is 8.15. The number of aliphatic imine (C=N–C) groups is 1. The van der Waals surface area contributed by atoms with Crippen LogP contribution in [0.4, 0.5) is 5.69 Å². The molecule has 1 aromatic rings. The Bertz CT molecular complexity index is 526. The first-order chi connectivity index (χ1) is 11.0.